The second kappa shape index (κ2) is 14.0. The highest BCUT2D eigenvalue weighted by molar-refractivity contribution is 7.83. The van der Waals surface area contributed by atoms with Gasteiger partial charge in [0.25, 0.3) is 0 Å². The Labute approximate surface area is 124 Å². The number of thiol groups is 1. The van der Waals surface area contributed by atoms with Crippen LogP contribution in [0.5, 0.6) is 0 Å². The molecule has 0 amide bonds. The Hall–Kier alpha value is -0.440. The van der Waals surface area contributed by atoms with Crippen LogP contribution in [0.4, 0.5) is 0 Å². The highest BCUT2D eigenvalue weighted by Crippen LogP contribution is 2.10. The number of unbranched alkanes of at least 4 members (excludes halogenated alkanes) is 9. The average molecular weight is 286 g/mol. The van der Waals surface area contributed by atoms with Gasteiger partial charge in [-0.05, 0) is 18.8 Å². The van der Waals surface area contributed by atoms with Crippen LogP contribution >= 0.6 is 12.6 Å². The van der Waals surface area contributed by atoms with Crippen molar-refractivity contribution in [3.63, 3.8) is 0 Å². The molecule has 0 unspecified atom stereocenters. The monoisotopic (exact) mass is 286 g/mol. The summed E-state index contributed by atoms with van der Waals surface area (Å²) in [6, 6.07) is 0. The summed E-state index contributed by atoms with van der Waals surface area (Å²) < 4.78 is 5.11. The van der Waals surface area contributed by atoms with E-state index in [4.69, 9.17) is 4.74 Å². The average Bonchev–Trinajstić information content (AvgIpc) is 2.43. The maximum absolute atomic E-state index is 11.3. The lowest BCUT2D eigenvalue weighted by Crippen LogP contribution is -2.06. The number of hydrogen-bond acceptors (Lipinski definition) is 3. The molecule has 0 saturated carbocycles. The van der Waals surface area contributed by atoms with E-state index >= 15 is 0 Å². The summed E-state index contributed by atoms with van der Waals surface area (Å²) in [5.74, 6) is -0.245. The van der Waals surface area contributed by atoms with Gasteiger partial charge in [0.2, 0.25) is 0 Å². The molecule has 0 rings (SSSR count). The molecule has 0 aromatic rings. The fourth-order valence-electron chi connectivity index (χ4n) is 1.92. The van der Waals surface area contributed by atoms with Gasteiger partial charge in [0.15, 0.2) is 0 Å². The Morgan fingerprint density at radius 1 is 0.947 bits per heavy atom. The van der Waals surface area contributed by atoms with Gasteiger partial charge in [-0.25, -0.2) is 4.79 Å². The van der Waals surface area contributed by atoms with Crippen LogP contribution in [-0.4, -0.2) is 12.6 Å². The van der Waals surface area contributed by atoms with E-state index in [0.29, 0.717) is 12.2 Å². The number of hydrogen-bond donors (Lipinski definition) is 1. The molecule has 0 aromatic heterocycles. The molecule has 2 nitrogen and oxygen atoms in total. The van der Waals surface area contributed by atoms with Crippen molar-refractivity contribution in [1.82, 2.24) is 0 Å². The molecule has 0 aromatic carbocycles. The van der Waals surface area contributed by atoms with Gasteiger partial charge in [0.05, 0.1) is 6.61 Å². The van der Waals surface area contributed by atoms with Crippen molar-refractivity contribution >= 4 is 18.6 Å². The van der Waals surface area contributed by atoms with Crippen molar-refractivity contribution in [2.24, 2.45) is 0 Å². The third-order valence-corrected chi connectivity index (χ3v) is 3.63. The molecule has 0 fully saturated rings. The minimum Gasteiger partial charge on any atom is -0.462 e. The summed E-state index contributed by atoms with van der Waals surface area (Å²) in [5, 5.41) is 1.49. The molecule has 0 atom stereocenters. The van der Waals surface area contributed by atoms with Gasteiger partial charge >= 0.3 is 5.97 Å². The van der Waals surface area contributed by atoms with Gasteiger partial charge in [-0.2, -0.15) is 12.6 Å². The zero-order valence-corrected chi connectivity index (χ0v) is 13.5. The summed E-state index contributed by atoms with van der Waals surface area (Å²) in [7, 11) is 0. The molecule has 0 aliphatic heterocycles. The van der Waals surface area contributed by atoms with Crippen molar-refractivity contribution in [3.8, 4) is 0 Å². The van der Waals surface area contributed by atoms with Crippen LogP contribution < -0.4 is 0 Å². The van der Waals surface area contributed by atoms with E-state index in [1.54, 1.807) is 6.92 Å². The van der Waals surface area contributed by atoms with Gasteiger partial charge in [-0.15, -0.1) is 0 Å². The minimum absolute atomic E-state index is 0.245. The van der Waals surface area contributed by atoms with Gasteiger partial charge in [0.1, 0.15) is 0 Å². The third-order valence-electron chi connectivity index (χ3n) is 3.25. The quantitative estimate of drug-likeness (QED) is 0.228. The molecule has 0 spiro atoms. The lowest BCUT2D eigenvalue weighted by Gasteiger charge is -2.04. The molecule has 0 radical (unpaired) electrons. The molecule has 0 aliphatic carbocycles. The first-order valence-corrected chi connectivity index (χ1v) is 8.22. The number of rotatable bonds is 12. The standard InChI is InChI=1S/C16H30O2S/c1-3-4-5-6-7-8-9-10-11-12-13-18-16(17)15(2)14-19/h14,19H,3-13H2,1-2H3. The topological polar surface area (TPSA) is 26.3 Å². The maximum Gasteiger partial charge on any atom is 0.334 e. The molecule has 0 N–H and O–H groups in total. The number of carbonyl (C=O) groups excluding carboxylic acids is 1. The van der Waals surface area contributed by atoms with E-state index in [-0.39, 0.29) is 5.97 Å². The highest BCUT2D eigenvalue weighted by Gasteiger charge is 2.03. The Morgan fingerprint density at radius 2 is 1.42 bits per heavy atom. The third kappa shape index (κ3) is 12.3. The second-order valence-electron chi connectivity index (χ2n) is 5.13. The number of ether oxygens (including phenoxy) is 1. The molecule has 0 aliphatic rings. The largest absolute Gasteiger partial charge is 0.462 e. The molecule has 0 bridgehead atoms. The van der Waals surface area contributed by atoms with Crippen LogP contribution in [-0.2, 0) is 9.53 Å². The SMILES string of the molecule is CCCCCCCCCCCCOC(=O)C(C)=CS. The Balaban J connectivity index is 3.17. The molecule has 0 saturated heterocycles. The highest BCUT2D eigenvalue weighted by atomic mass is 32.1. The first-order valence-electron chi connectivity index (χ1n) is 7.70. The van der Waals surface area contributed by atoms with E-state index in [1.807, 2.05) is 0 Å². The minimum atomic E-state index is -0.245. The van der Waals surface area contributed by atoms with E-state index in [2.05, 4.69) is 19.6 Å². The summed E-state index contributed by atoms with van der Waals surface area (Å²) in [4.78, 5) is 11.3. The lowest BCUT2D eigenvalue weighted by molar-refractivity contribution is -0.139. The molecule has 3 heteroatoms. The van der Waals surface area contributed by atoms with Gasteiger partial charge < -0.3 is 4.74 Å². The summed E-state index contributed by atoms with van der Waals surface area (Å²) in [6.45, 7) is 4.50. The predicted molar refractivity (Wildman–Crippen MR) is 85.5 cm³/mol. The van der Waals surface area contributed by atoms with E-state index in [9.17, 15) is 4.79 Å². The fourth-order valence-corrected chi connectivity index (χ4v) is 2.03. The summed E-state index contributed by atoms with van der Waals surface area (Å²) >= 11 is 3.92. The van der Waals surface area contributed by atoms with Crippen molar-refractivity contribution in [2.45, 2.75) is 78.1 Å². The first-order chi connectivity index (χ1) is 9.22. The molecule has 0 heterocycles. The van der Waals surface area contributed by atoms with Gasteiger partial charge in [-0.3, -0.25) is 0 Å². The first kappa shape index (κ1) is 18.6. The number of esters is 1. The normalized spacial score (nSPS) is 11.6. The van der Waals surface area contributed by atoms with Gasteiger partial charge in [-0.1, -0.05) is 64.7 Å². The zero-order valence-electron chi connectivity index (χ0n) is 12.6. The smallest absolute Gasteiger partial charge is 0.334 e. The summed E-state index contributed by atoms with van der Waals surface area (Å²) in [6.07, 6.45) is 12.9. The van der Waals surface area contributed by atoms with E-state index < -0.39 is 0 Å². The van der Waals surface area contributed by atoms with Crippen molar-refractivity contribution in [3.05, 3.63) is 11.0 Å². The zero-order chi connectivity index (χ0) is 14.3. The summed E-state index contributed by atoms with van der Waals surface area (Å²) in [5.41, 5.74) is 0.565. The molecule has 19 heavy (non-hydrogen) atoms. The van der Waals surface area contributed by atoms with Crippen LogP contribution in [0.2, 0.25) is 0 Å². The van der Waals surface area contributed by atoms with Crippen molar-refractivity contribution in [2.75, 3.05) is 6.61 Å². The van der Waals surface area contributed by atoms with Crippen LogP contribution in [0.1, 0.15) is 78.1 Å². The number of carbonyl (C=O) groups is 1. The lowest BCUT2D eigenvalue weighted by atomic mass is 10.1. The Morgan fingerprint density at radius 3 is 1.89 bits per heavy atom. The molecule has 112 valence electrons. The van der Waals surface area contributed by atoms with Crippen molar-refractivity contribution in [1.29, 1.82) is 0 Å². The Bertz CT molecular complexity index is 249. The van der Waals surface area contributed by atoms with E-state index in [1.165, 1.54) is 56.8 Å². The second-order valence-corrected chi connectivity index (χ2v) is 5.39. The van der Waals surface area contributed by atoms with Crippen LogP contribution in [0, 0.1) is 0 Å². The molecular formula is C16H30O2S. The molecular weight excluding hydrogens is 256 g/mol. The predicted octanol–water partition coefficient (Wildman–Crippen LogP) is 5.28. The maximum atomic E-state index is 11.3. The fraction of sp³-hybridized carbons (Fsp3) is 0.812. The van der Waals surface area contributed by atoms with Gasteiger partial charge in [0, 0.05) is 5.57 Å². The van der Waals surface area contributed by atoms with Crippen LogP contribution in [0.3, 0.4) is 0 Å². The van der Waals surface area contributed by atoms with E-state index in [0.717, 1.165) is 12.8 Å². The Kier molecular flexibility index (Phi) is 13.7. The van der Waals surface area contributed by atoms with Crippen LogP contribution in [0.25, 0.3) is 0 Å². The van der Waals surface area contributed by atoms with Crippen molar-refractivity contribution < 1.29 is 9.53 Å². The van der Waals surface area contributed by atoms with Crippen LogP contribution in [0.15, 0.2) is 11.0 Å².